The minimum absolute atomic E-state index is 0.0617. The van der Waals surface area contributed by atoms with E-state index in [-0.39, 0.29) is 23.6 Å². The van der Waals surface area contributed by atoms with Crippen LogP contribution in [0, 0.1) is 10.1 Å². The Morgan fingerprint density at radius 1 is 1.17 bits per heavy atom. The summed E-state index contributed by atoms with van der Waals surface area (Å²) < 4.78 is 5.22. The fourth-order valence-corrected chi connectivity index (χ4v) is 3.01. The quantitative estimate of drug-likeness (QED) is 0.293. The number of non-ortho nitro benzene ring substituents is 1. The molecule has 0 atom stereocenters. The molecule has 0 spiro atoms. The van der Waals surface area contributed by atoms with Gasteiger partial charge in [0, 0.05) is 17.8 Å². The summed E-state index contributed by atoms with van der Waals surface area (Å²) in [6, 6.07) is 17.4. The van der Waals surface area contributed by atoms with Crippen molar-refractivity contribution < 1.29 is 14.8 Å². The highest BCUT2D eigenvalue weighted by molar-refractivity contribution is 5.88. The molecule has 0 unspecified atom stereocenters. The van der Waals surface area contributed by atoms with Crippen molar-refractivity contribution in [2.45, 2.75) is 6.92 Å². The van der Waals surface area contributed by atoms with Gasteiger partial charge in [-0.05, 0) is 48.9 Å². The molecule has 8 nitrogen and oxygen atoms in total. The maximum atomic E-state index is 12.4. The van der Waals surface area contributed by atoms with Gasteiger partial charge in [0.15, 0.2) is 0 Å². The number of para-hydroxylation sites is 2. The van der Waals surface area contributed by atoms with Crippen LogP contribution in [0.4, 0.5) is 11.4 Å². The van der Waals surface area contributed by atoms with Crippen LogP contribution in [-0.2, 0) is 0 Å². The van der Waals surface area contributed by atoms with E-state index < -0.39 is 10.7 Å². The van der Waals surface area contributed by atoms with Crippen molar-refractivity contribution in [1.29, 1.82) is 0 Å². The van der Waals surface area contributed by atoms with Crippen molar-refractivity contribution in [2.24, 2.45) is 4.99 Å². The zero-order valence-electron chi connectivity index (χ0n) is 16.0. The Kier molecular flexibility index (Phi) is 5.13. The summed E-state index contributed by atoms with van der Waals surface area (Å²) in [7, 11) is 0. The van der Waals surface area contributed by atoms with Gasteiger partial charge in [0.05, 0.1) is 34.3 Å². The minimum Gasteiger partial charge on any atom is -0.870 e. The average Bonchev–Trinajstić information content (AvgIpc) is 3.19. The molecular formula is C22H17N4O4-. The molecule has 150 valence electrons. The lowest BCUT2D eigenvalue weighted by atomic mass is 10.1. The number of rotatable bonds is 6. The second kappa shape index (κ2) is 8.04. The van der Waals surface area contributed by atoms with Crippen LogP contribution in [0.15, 0.2) is 65.7 Å². The first-order valence-electron chi connectivity index (χ1n) is 9.26. The molecule has 1 aromatic heterocycles. The fourth-order valence-electron chi connectivity index (χ4n) is 3.01. The molecule has 4 aromatic rings. The Labute approximate surface area is 171 Å². The molecule has 30 heavy (non-hydrogen) atoms. The van der Waals surface area contributed by atoms with E-state index >= 15 is 0 Å². The lowest BCUT2D eigenvalue weighted by Crippen LogP contribution is -2.04. The Hall–Kier alpha value is -4.20. The number of nitrogens with zero attached hydrogens (tertiary/aromatic N) is 3. The van der Waals surface area contributed by atoms with Crippen LogP contribution in [0.3, 0.4) is 0 Å². The van der Waals surface area contributed by atoms with Crippen LogP contribution in [-0.4, -0.2) is 27.7 Å². The summed E-state index contributed by atoms with van der Waals surface area (Å²) in [5.41, 5.74) is 3.19. The smallest absolute Gasteiger partial charge is 0.273 e. The van der Waals surface area contributed by atoms with E-state index in [9.17, 15) is 15.2 Å². The van der Waals surface area contributed by atoms with Crippen molar-refractivity contribution in [1.82, 2.24) is 9.97 Å². The predicted molar refractivity (Wildman–Crippen MR) is 112 cm³/mol. The number of hydrogen-bond donors (Lipinski definition) is 1. The third kappa shape index (κ3) is 3.83. The van der Waals surface area contributed by atoms with E-state index in [1.54, 1.807) is 19.1 Å². The number of nitro groups is 1. The SMILES string of the molecule is CCOc1cc([N+](=O)[O-])cc(C=Nc2ccc(-c3nc4ccccc4[nH]3)cc2)c1[O-]. The largest absolute Gasteiger partial charge is 0.870 e. The Bertz CT molecular complexity index is 1210. The first-order valence-corrected chi connectivity index (χ1v) is 9.26. The summed E-state index contributed by atoms with van der Waals surface area (Å²) in [5.74, 6) is 0.243. The average molecular weight is 401 g/mol. The summed E-state index contributed by atoms with van der Waals surface area (Å²) in [6.07, 6.45) is 1.31. The van der Waals surface area contributed by atoms with Crippen molar-refractivity contribution in [3.63, 3.8) is 0 Å². The molecule has 0 saturated heterocycles. The second-order valence-corrected chi connectivity index (χ2v) is 6.46. The van der Waals surface area contributed by atoms with Crippen molar-refractivity contribution >= 4 is 28.6 Å². The Morgan fingerprint density at radius 3 is 2.63 bits per heavy atom. The molecule has 0 aliphatic carbocycles. The molecule has 0 amide bonds. The highest BCUT2D eigenvalue weighted by Crippen LogP contribution is 2.32. The fraction of sp³-hybridized carbons (Fsp3) is 0.0909. The van der Waals surface area contributed by atoms with E-state index in [2.05, 4.69) is 15.0 Å². The van der Waals surface area contributed by atoms with Gasteiger partial charge < -0.3 is 14.8 Å². The van der Waals surface area contributed by atoms with Crippen molar-refractivity contribution in [2.75, 3.05) is 6.61 Å². The number of imidazole rings is 1. The number of ether oxygens (including phenoxy) is 1. The maximum absolute atomic E-state index is 12.4. The van der Waals surface area contributed by atoms with Gasteiger partial charge in [-0.3, -0.25) is 15.1 Å². The summed E-state index contributed by atoms with van der Waals surface area (Å²) in [5, 5.41) is 23.6. The molecule has 8 heteroatoms. The summed E-state index contributed by atoms with van der Waals surface area (Å²) in [4.78, 5) is 22.7. The number of nitrogens with one attached hydrogen (secondary N) is 1. The van der Waals surface area contributed by atoms with E-state index in [0.29, 0.717) is 5.69 Å². The minimum atomic E-state index is -0.568. The topological polar surface area (TPSA) is 116 Å². The first-order chi connectivity index (χ1) is 14.5. The van der Waals surface area contributed by atoms with Crippen LogP contribution in [0.5, 0.6) is 11.5 Å². The number of aromatic amines is 1. The van der Waals surface area contributed by atoms with E-state index in [1.165, 1.54) is 12.3 Å². The zero-order valence-corrected chi connectivity index (χ0v) is 16.0. The van der Waals surface area contributed by atoms with Crippen LogP contribution < -0.4 is 9.84 Å². The second-order valence-electron chi connectivity index (χ2n) is 6.46. The number of aliphatic imine (C=N–C) groups is 1. The third-order valence-corrected chi connectivity index (χ3v) is 4.46. The molecule has 0 bridgehead atoms. The standard InChI is InChI=1S/C22H18N4O4/c1-2-30-20-12-17(26(28)29)11-15(21(20)27)13-23-16-9-7-14(8-10-16)22-24-18-5-3-4-6-19(18)25-22/h3-13,27H,2H2,1H3,(H,24,25)/p-1. The van der Waals surface area contributed by atoms with Gasteiger partial charge >= 0.3 is 0 Å². The lowest BCUT2D eigenvalue weighted by molar-refractivity contribution is -0.385. The zero-order chi connectivity index (χ0) is 21.1. The number of nitro benzene ring substituents is 1. The van der Waals surface area contributed by atoms with Crippen molar-refractivity contribution in [3.05, 3.63) is 76.3 Å². The van der Waals surface area contributed by atoms with Gasteiger partial charge in [0.1, 0.15) is 11.6 Å². The number of benzene rings is 3. The summed E-state index contributed by atoms with van der Waals surface area (Å²) in [6.45, 7) is 1.94. The van der Waals surface area contributed by atoms with Crippen LogP contribution >= 0.6 is 0 Å². The predicted octanol–water partition coefficient (Wildman–Crippen LogP) is 4.36. The highest BCUT2D eigenvalue weighted by atomic mass is 16.6. The van der Waals surface area contributed by atoms with Gasteiger partial charge in [-0.15, -0.1) is 0 Å². The molecule has 0 saturated carbocycles. The van der Waals surface area contributed by atoms with E-state index in [0.717, 1.165) is 28.5 Å². The number of hydrogen-bond acceptors (Lipinski definition) is 6. The van der Waals surface area contributed by atoms with Crippen LogP contribution in [0.1, 0.15) is 12.5 Å². The molecule has 1 N–H and O–H groups in total. The maximum Gasteiger partial charge on any atom is 0.273 e. The molecule has 3 aromatic carbocycles. The van der Waals surface area contributed by atoms with Gasteiger partial charge in [-0.25, -0.2) is 4.98 Å². The third-order valence-electron chi connectivity index (χ3n) is 4.46. The number of fused-ring (bicyclic) bond motifs is 1. The number of H-pyrrole nitrogens is 1. The molecule has 1 heterocycles. The summed E-state index contributed by atoms with van der Waals surface area (Å²) >= 11 is 0. The highest BCUT2D eigenvalue weighted by Gasteiger charge is 2.12. The van der Waals surface area contributed by atoms with Crippen LogP contribution in [0.2, 0.25) is 0 Å². The molecule has 0 aliphatic rings. The van der Waals surface area contributed by atoms with Gasteiger partial charge in [0.25, 0.3) is 5.69 Å². The van der Waals surface area contributed by atoms with Crippen molar-refractivity contribution in [3.8, 4) is 22.9 Å². The molecule has 4 rings (SSSR count). The van der Waals surface area contributed by atoms with E-state index in [4.69, 9.17) is 4.74 Å². The lowest BCUT2D eigenvalue weighted by Gasteiger charge is -2.16. The molecule has 0 radical (unpaired) electrons. The normalized spacial score (nSPS) is 11.2. The monoisotopic (exact) mass is 401 g/mol. The first kappa shape index (κ1) is 19.1. The van der Waals surface area contributed by atoms with Crippen LogP contribution in [0.25, 0.3) is 22.4 Å². The van der Waals surface area contributed by atoms with E-state index in [1.807, 2.05) is 36.4 Å². The van der Waals surface area contributed by atoms with Gasteiger partial charge in [0.2, 0.25) is 0 Å². The molecule has 0 fully saturated rings. The van der Waals surface area contributed by atoms with Gasteiger partial charge in [-0.1, -0.05) is 17.9 Å². The Morgan fingerprint density at radius 2 is 1.93 bits per heavy atom. The molecule has 0 aliphatic heterocycles. The number of aromatic nitrogens is 2. The molecular weight excluding hydrogens is 384 g/mol. The van der Waals surface area contributed by atoms with Gasteiger partial charge in [-0.2, -0.15) is 0 Å². The Balaban J connectivity index is 1.60.